The van der Waals surface area contributed by atoms with E-state index in [1.165, 1.54) is 40.3 Å². The van der Waals surface area contributed by atoms with Crippen LogP contribution in [0, 0.1) is 0 Å². The highest BCUT2D eigenvalue weighted by Gasteiger charge is 2.33. The smallest absolute Gasteiger partial charge is 0.266 e. The molecule has 4 nitrogen and oxygen atoms in total. The van der Waals surface area contributed by atoms with Crippen molar-refractivity contribution in [1.29, 1.82) is 0 Å². The van der Waals surface area contributed by atoms with Crippen molar-refractivity contribution in [3.8, 4) is 0 Å². The Bertz CT molecular complexity index is 1220. The number of alkyl halides is 3. The predicted octanol–water partition coefficient (Wildman–Crippen LogP) is 6.09. The number of hydrogen-bond acceptors (Lipinski definition) is 4. The van der Waals surface area contributed by atoms with Gasteiger partial charge in [0.05, 0.1) is 28.7 Å². The summed E-state index contributed by atoms with van der Waals surface area (Å²) in [4.78, 5) is 16.4. The molecule has 0 unspecified atom stereocenters. The Morgan fingerprint density at radius 3 is 2.73 bits per heavy atom. The van der Waals surface area contributed by atoms with E-state index in [1.54, 1.807) is 24.4 Å². The first-order valence-electron chi connectivity index (χ1n) is 8.62. The first-order chi connectivity index (χ1) is 14.2. The Hall–Kier alpha value is -2.23. The molecule has 0 aliphatic carbocycles. The van der Waals surface area contributed by atoms with Crippen LogP contribution in [0.2, 0.25) is 5.02 Å². The van der Waals surface area contributed by atoms with Gasteiger partial charge in [0.1, 0.15) is 4.38 Å². The molecule has 10 heteroatoms. The summed E-state index contributed by atoms with van der Waals surface area (Å²) in [7, 11) is 0. The molecule has 1 aliphatic heterocycles. The van der Waals surface area contributed by atoms with Crippen molar-refractivity contribution in [1.82, 2.24) is 9.78 Å². The van der Waals surface area contributed by atoms with E-state index in [2.05, 4.69) is 10.1 Å². The molecule has 1 aliphatic rings. The Labute approximate surface area is 183 Å². The van der Waals surface area contributed by atoms with Crippen LogP contribution in [-0.4, -0.2) is 26.3 Å². The van der Waals surface area contributed by atoms with Crippen LogP contribution in [0.1, 0.15) is 16.7 Å². The number of carbonyl (C=O) groups excluding carboxylic acids is 1. The lowest BCUT2D eigenvalue weighted by molar-refractivity contribution is -0.138. The Morgan fingerprint density at radius 1 is 1.23 bits per heavy atom. The number of fused-ring (bicyclic) bond motifs is 1. The van der Waals surface area contributed by atoms with Gasteiger partial charge in [0.15, 0.2) is 0 Å². The number of benzene rings is 2. The summed E-state index contributed by atoms with van der Waals surface area (Å²) in [6.07, 6.45) is 0.685. The van der Waals surface area contributed by atoms with Gasteiger partial charge in [-0.25, -0.2) is 0 Å². The number of aliphatic imine (C=N–C) groups is 1. The highest BCUT2D eigenvalue weighted by atomic mass is 35.5. The van der Waals surface area contributed by atoms with Gasteiger partial charge in [-0.1, -0.05) is 35.5 Å². The maximum absolute atomic E-state index is 13.4. The minimum Gasteiger partial charge on any atom is -0.266 e. The summed E-state index contributed by atoms with van der Waals surface area (Å²) in [5, 5.41) is 5.03. The van der Waals surface area contributed by atoms with E-state index in [4.69, 9.17) is 11.6 Å². The van der Waals surface area contributed by atoms with Crippen LogP contribution in [0.4, 0.5) is 13.2 Å². The second-order valence-electron chi connectivity index (χ2n) is 6.42. The normalized spacial score (nSPS) is 16.0. The van der Waals surface area contributed by atoms with Crippen LogP contribution in [0.15, 0.2) is 52.5 Å². The highest BCUT2D eigenvalue weighted by molar-refractivity contribution is 8.40. The van der Waals surface area contributed by atoms with Crippen LogP contribution >= 0.6 is 35.1 Å². The Balaban J connectivity index is 1.64. The zero-order valence-corrected chi connectivity index (χ0v) is 17.8. The van der Waals surface area contributed by atoms with Gasteiger partial charge in [0.2, 0.25) is 0 Å². The van der Waals surface area contributed by atoms with Crippen molar-refractivity contribution in [2.24, 2.45) is 4.99 Å². The molecule has 0 saturated heterocycles. The summed E-state index contributed by atoms with van der Waals surface area (Å²) in [5.41, 5.74) is 0.781. The highest BCUT2D eigenvalue weighted by Crippen LogP contribution is 2.35. The molecular weight excluding hydrogens is 455 g/mol. The van der Waals surface area contributed by atoms with Gasteiger partial charge < -0.3 is 0 Å². The van der Waals surface area contributed by atoms with Gasteiger partial charge in [-0.15, -0.1) is 11.8 Å². The fourth-order valence-electron chi connectivity index (χ4n) is 3.06. The minimum absolute atomic E-state index is 0.0296. The van der Waals surface area contributed by atoms with Gasteiger partial charge in [-0.05, 0) is 47.7 Å². The molecule has 0 radical (unpaired) electrons. The largest absolute Gasteiger partial charge is 0.416 e. The maximum atomic E-state index is 13.4. The van der Waals surface area contributed by atoms with Gasteiger partial charge in [0.25, 0.3) is 5.91 Å². The van der Waals surface area contributed by atoms with E-state index >= 15 is 0 Å². The lowest BCUT2D eigenvalue weighted by Crippen LogP contribution is -2.12. The summed E-state index contributed by atoms with van der Waals surface area (Å²) in [6.45, 7) is -0.0464. The Morgan fingerprint density at radius 2 is 2.03 bits per heavy atom. The van der Waals surface area contributed by atoms with Gasteiger partial charge in [0, 0.05) is 10.4 Å². The predicted molar refractivity (Wildman–Crippen MR) is 117 cm³/mol. The van der Waals surface area contributed by atoms with E-state index in [0.29, 0.717) is 14.8 Å². The average Bonchev–Trinajstić information content (AvgIpc) is 3.25. The van der Waals surface area contributed by atoms with E-state index in [0.717, 1.165) is 17.0 Å². The van der Waals surface area contributed by atoms with Crippen LogP contribution in [0.5, 0.6) is 0 Å². The van der Waals surface area contributed by atoms with E-state index in [1.807, 2.05) is 12.3 Å². The Kier molecular flexibility index (Phi) is 5.69. The third-order valence-corrected chi connectivity index (χ3v) is 6.64. The number of aromatic nitrogens is 2. The fourth-order valence-corrected chi connectivity index (χ4v) is 4.66. The van der Waals surface area contributed by atoms with Crippen LogP contribution < -0.4 is 0 Å². The van der Waals surface area contributed by atoms with Crippen LogP contribution in [0.25, 0.3) is 17.0 Å². The molecule has 1 amide bonds. The summed E-state index contributed by atoms with van der Waals surface area (Å²) in [6, 6.07) is 9.13. The van der Waals surface area contributed by atoms with Crippen molar-refractivity contribution in [2.75, 3.05) is 6.26 Å². The second-order valence-corrected chi connectivity index (χ2v) is 8.94. The number of carbonyl (C=O) groups is 1. The number of hydrogen-bond donors (Lipinski definition) is 0. The summed E-state index contributed by atoms with van der Waals surface area (Å²) in [5.74, 6) is -0.275. The van der Waals surface area contributed by atoms with E-state index in [-0.39, 0.29) is 23.0 Å². The fraction of sp³-hybridized carbons (Fsp3) is 0.150. The molecule has 0 bridgehead atoms. The van der Waals surface area contributed by atoms with E-state index < -0.39 is 11.7 Å². The first kappa shape index (κ1) is 21.0. The molecule has 154 valence electrons. The molecule has 1 aromatic heterocycles. The minimum atomic E-state index is -4.51. The van der Waals surface area contributed by atoms with Crippen molar-refractivity contribution >= 4 is 62.4 Å². The first-order valence-corrected chi connectivity index (χ1v) is 11.0. The lowest BCUT2D eigenvalue weighted by Gasteiger charge is -2.14. The SMILES string of the molecule is CSC1=NC(=O)/C(=C/c2ccc3c(cnn3Cc3ccc(Cl)cc3C(F)(F)F)c2)S1. The number of rotatable bonds is 3. The summed E-state index contributed by atoms with van der Waals surface area (Å²) < 4.78 is 42.3. The van der Waals surface area contributed by atoms with Crippen molar-refractivity contribution in [2.45, 2.75) is 12.7 Å². The zero-order chi connectivity index (χ0) is 21.5. The monoisotopic (exact) mass is 467 g/mol. The molecule has 0 saturated carbocycles. The summed E-state index contributed by atoms with van der Waals surface area (Å²) >= 11 is 8.48. The lowest BCUT2D eigenvalue weighted by atomic mass is 10.1. The number of nitrogens with zero attached hydrogens (tertiary/aromatic N) is 3. The third kappa shape index (κ3) is 4.28. The maximum Gasteiger partial charge on any atom is 0.416 e. The molecule has 2 aromatic carbocycles. The van der Waals surface area contributed by atoms with Crippen LogP contribution in [-0.2, 0) is 17.5 Å². The van der Waals surface area contributed by atoms with Crippen molar-refractivity contribution < 1.29 is 18.0 Å². The molecule has 3 aromatic rings. The molecule has 0 fully saturated rings. The van der Waals surface area contributed by atoms with Gasteiger partial charge in [-0.3, -0.25) is 9.48 Å². The van der Waals surface area contributed by atoms with Crippen molar-refractivity contribution in [3.63, 3.8) is 0 Å². The van der Waals surface area contributed by atoms with Crippen LogP contribution in [0.3, 0.4) is 0 Å². The second kappa shape index (κ2) is 8.13. The molecule has 4 rings (SSSR count). The molecular formula is C20H13ClF3N3OS2. The van der Waals surface area contributed by atoms with Gasteiger partial charge in [-0.2, -0.15) is 23.3 Å². The topological polar surface area (TPSA) is 47.2 Å². The molecule has 2 heterocycles. The van der Waals surface area contributed by atoms with Crippen molar-refractivity contribution in [3.05, 3.63) is 69.2 Å². The number of amides is 1. The molecule has 30 heavy (non-hydrogen) atoms. The number of thioether (sulfide) groups is 2. The zero-order valence-electron chi connectivity index (χ0n) is 15.4. The average molecular weight is 468 g/mol. The molecule has 0 atom stereocenters. The van der Waals surface area contributed by atoms with E-state index in [9.17, 15) is 18.0 Å². The number of halogens is 4. The quantitative estimate of drug-likeness (QED) is 0.437. The third-order valence-electron chi connectivity index (χ3n) is 4.44. The molecule has 0 N–H and O–H groups in total. The van der Waals surface area contributed by atoms with Gasteiger partial charge >= 0.3 is 6.18 Å². The standard InChI is InChI=1S/C20H13ClF3N3OS2/c1-29-19-26-18(28)17(30-19)7-11-2-5-16-13(6-11)9-25-27(16)10-12-3-4-14(21)8-15(12)20(22,23)24/h2-9H,10H2,1H3/b17-7-. The molecule has 0 spiro atoms.